The first-order chi connectivity index (χ1) is 18.7. The number of carbonyl (C=O) groups is 3. The van der Waals surface area contributed by atoms with E-state index in [9.17, 15) is 23.9 Å². The fourth-order valence-corrected chi connectivity index (χ4v) is 3.96. The molecule has 0 bridgehead atoms. The Morgan fingerprint density at radius 3 is 2.31 bits per heavy atom. The van der Waals surface area contributed by atoms with Crippen molar-refractivity contribution in [2.45, 2.75) is 32.4 Å². The molecule has 1 aromatic heterocycles. The third-order valence-corrected chi connectivity index (χ3v) is 6.02. The van der Waals surface area contributed by atoms with E-state index in [-0.39, 0.29) is 17.9 Å². The summed E-state index contributed by atoms with van der Waals surface area (Å²) in [7, 11) is 0. The molecule has 9 nitrogen and oxygen atoms in total. The zero-order chi connectivity index (χ0) is 27.9. The molecule has 39 heavy (non-hydrogen) atoms. The number of carbonyl (C=O) groups excluding carboxylic acids is 2. The van der Waals surface area contributed by atoms with Crippen molar-refractivity contribution in [3.63, 3.8) is 0 Å². The molecule has 200 valence electrons. The third kappa shape index (κ3) is 6.86. The van der Waals surface area contributed by atoms with E-state index in [1.54, 1.807) is 26.0 Å². The van der Waals surface area contributed by atoms with Gasteiger partial charge in [-0.1, -0.05) is 59.8 Å². The molecule has 0 spiro atoms. The molecule has 4 aromatic rings. The van der Waals surface area contributed by atoms with E-state index in [4.69, 9.17) is 9.26 Å². The SMILES string of the molecule is Cc1noc(NC(=O)OC(C)c2ccccc2)c1-c1ccc(C(=O)NC(Cc2ccc(F)cc2)C(=O)O)cc1. The largest absolute Gasteiger partial charge is 0.480 e. The number of nitrogens with one attached hydrogen (secondary N) is 2. The first-order valence-electron chi connectivity index (χ1n) is 12.1. The summed E-state index contributed by atoms with van der Waals surface area (Å²) in [6.45, 7) is 3.45. The minimum Gasteiger partial charge on any atom is -0.480 e. The molecule has 2 atom stereocenters. The van der Waals surface area contributed by atoms with E-state index < -0.39 is 35.9 Å². The lowest BCUT2D eigenvalue weighted by molar-refractivity contribution is -0.139. The second-order valence-corrected chi connectivity index (χ2v) is 8.83. The van der Waals surface area contributed by atoms with E-state index >= 15 is 0 Å². The van der Waals surface area contributed by atoms with Gasteiger partial charge in [0.15, 0.2) is 0 Å². The summed E-state index contributed by atoms with van der Waals surface area (Å²) in [6, 6.07) is 19.8. The van der Waals surface area contributed by atoms with Crippen molar-refractivity contribution in [1.82, 2.24) is 10.5 Å². The first kappa shape index (κ1) is 27.1. The Balaban J connectivity index is 1.43. The number of benzene rings is 3. The van der Waals surface area contributed by atoms with Gasteiger partial charge in [-0.3, -0.25) is 10.1 Å². The second-order valence-electron chi connectivity index (χ2n) is 8.83. The Kier molecular flexibility index (Phi) is 8.35. The molecule has 0 aliphatic carbocycles. The van der Waals surface area contributed by atoms with Gasteiger partial charge in [-0.05, 0) is 54.8 Å². The minimum atomic E-state index is -1.21. The number of ether oxygens (including phenoxy) is 1. The highest BCUT2D eigenvalue weighted by molar-refractivity contribution is 5.97. The molecular formula is C29H26FN3O6. The molecule has 0 saturated heterocycles. The van der Waals surface area contributed by atoms with Crippen molar-refractivity contribution in [2.75, 3.05) is 5.32 Å². The Hall–Kier alpha value is -4.99. The highest BCUT2D eigenvalue weighted by Crippen LogP contribution is 2.32. The Labute approximate surface area is 223 Å². The van der Waals surface area contributed by atoms with E-state index in [0.717, 1.165) is 5.56 Å². The fraction of sp³-hybridized carbons (Fsp3) is 0.172. The lowest BCUT2D eigenvalue weighted by Crippen LogP contribution is -2.42. The average molecular weight is 532 g/mol. The standard InChI is InChI=1S/C29H26FN3O6/c1-17-25(27(39-33-17)32-29(37)38-18(2)20-6-4-3-5-7-20)21-10-12-22(13-11-21)26(34)31-24(28(35)36)16-19-8-14-23(30)15-9-19/h3-15,18,24H,16H2,1-2H3,(H,31,34)(H,32,37)(H,35,36). The number of carboxylic acid groups (broad SMARTS) is 1. The number of amides is 2. The number of aromatic nitrogens is 1. The van der Waals surface area contributed by atoms with Crippen LogP contribution in [0, 0.1) is 12.7 Å². The summed E-state index contributed by atoms with van der Waals surface area (Å²) in [5, 5.41) is 18.6. The Morgan fingerprint density at radius 1 is 1.00 bits per heavy atom. The zero-order valence-corrected chi connectivity index (χ0v) is 21.2. The maximum absolute atomic E-state index is 13.2. The number of anilines is 1. The Bertz CT molecular complexity index is 1450. The molecule has 3 N–H and O–H groups in total. The van der Waals surface area contributed by atoms with Crippen LogP contribution in [-0.2, 0) is 16.0 Å². The summed E-state index contributed by atoms with van der Waals surface area (Å²) < 4.78 is 23.9. The van der Waals surface area contributed by atoms with Gasteiger partial charge in [0.05, 0.1) is 11.3 Å². The van der Waals surface area contributed by atoms with Gasteiger partial charge in [-0.15, -0.1) is 0 Å². The van der Waals surface area contributed by atoms with Gasteiger partial charge in [0.2, 0.25) is 5.88 Å². The van der Waals surface area contributed by atoms with Crippen molar-refractivity contribution in [3.8, 4) is 11.1 Å². The van der Waals surface area contributed by atoms with Crippen LogP contribution in [0.2, 0.25) is 0 Å². The molecule has 0 aliphatic rings. The van der Waals surface area contributed by atoms with Crippen LogP contribution in [0.3, 0.4) is 0 Å². The maximum atomic E-state index is 13.2. The van der Waals surface area contributed by atoms with E-state index in [1.807, 2.05) is 30.3 Å². The number of hydrogen-bond acceptors (Lipinski definition) is 6. The van der Waals surface area contributed by atoms with Crippen LogP contribution >= 0.6 is 0 Å². The second kappa shape index (κ2) is 12.0. The van der Waals surface area contributed by atoms with E-state index in [1.165, 1.54) is 36.4 Å². The van der Waals surface area contributed by atoms with Gasteiger partial charge < -0.3 is 19.7 Å². The monoisotopic (exact) mass is 531 g/mol. The Morgan fingerprint density at radius 2 is 1.67 bits per heavy atom. The summed E-state index contributed by atoms with van der Waals surface area (Å²) in [5.41, 5.74) is 3.24. The molecule has 0 fully saturated rings. The number of aryl methyl sites for hydroxylation is 1. The summed E-state index contributed by atoms with van der Waals surface area (Å²) in [5.74, 6) is -2.15. The van der Waals surface area contributed by atoms with Gasteiger partial charge in [0, 0.05) is 12.0 Å². The van der Waals surface area contributed by atoms with Crippen LogP contribution in [0.15, 0.2) is 83.4 Å². The van der Waals surface area contributed by atoms with Crippen LogP contribution < -0.4 is 10.6 Å². The first-order valence-corrected chi connectivity index (χ1v) is 12.1. The van der Waals surface area contributed by atoms with Crippen molar-refractivity contribution in [2.24, 2.45) is 0 Å². The molecule has 4 rings (SSSR count). The number of rotatable bonds is 9. The smallest absolute Gasteiger partial charge is 0.414 e. The van der Waals surface area contributed by atoms with Crippen LogP contribution in [0.1, 0.15) is 40.2 Å². The van der Waals surface area contributed by atoms with Crippen LogP contribution in [0.4, 0.5) is 15.1 Å². The lowest BCUT2D eigenvalue weighted by atomic mass is 10.0. The van der Waals surface area contributed by atoms with Gasteiger partial charge >= 0.3 is 12.1 Å². The predicted octanol–water partition coefficient (Wildman–Crippen LogP) is 5.52. The van der Waals surface area contributed by atoms with Crippen LogP contribution in [0.25, 0.3) is 11.1 Å². The number of hydrogen-bond donors (Lipinski definition) is 3. The van der Waals surface area contributed by atoms with Gasteiger partial charge in [-0.2, -0.15) is 0 Å². The normalized spacial score (nSPS) is 12.3. The lowest BCUT2D eigenvalue weighted by Gasteiger charge is -2.15. The summed E-state index contributed by atoms with van der Waals surface area (Å²) in [4.78, 5) is 37.0. The number of aliphatic carboxylic acids is 1. The highest BCUT2D eigenvalue weighted by atomic mass is 19.1. The molecule has 2 unspecified atom stereocenters. The minimum absolute atomic E-state index is 0.00661. The number of nitrogens with zero attached hydrogens (tertiary/aromatic N) is 1. The van der Waals surface area contributed by atoms with Crippen molar-refractivity contribution in [1.29, 1.82) is 0 Å². The molecule has 3 aromatic carbocycles. The highest BCUT2D eigenvalue weighted by Gasteiger charge is 2.23. The van der Waals surface area contributed by atoms with E-state index in [2.05, 4.69) is 15.8 Å². The van der Waals surface area contributed by atoms with Crippen molar-refractivity contribution in [3.05, 3.63) is 107 Å². The van der Waals surface area contributed by atoms with Gasteiger partial charge in [-0.25, -0.2) is 14.0 Å². The van der Waals surface area contributed by atoms with Crippen molar-refractivity contribution < 1.29 is 33.1 Å². The summed E-state index contributed by atoms with van der Waals surface area (Å²) in [6.07, 6.45) is -1.22. The molecule has 0 saturated carbocycles. The van der Waals surface area contributed by atoms with Gasteiger partial charge in [0.25, 0.3) is 5.91 Å². The number of halogens is 1. The quantitative estimate of drug-likeness (QED) is 0.259. The molecule has 1 heterocycles. The third-order valence-electron chi connectivity index (χ3n) is 6.02. The fourth-order valence-electron chi connectivity index (χ4n) is 3.96. The summed E-state index contributed by atoms with van der Waals surface area (Å²) >= 11 is 0. The van der Waals surface area contributed by atoms with Crippen LogP contribution in [0.5, 0.6) is 0 Å². The topological polar surface area (TPSA) is 131 Å². The van der Waals surface area contributed by atoms with Crippen molar-refractivity contribution >= 4 is 23.9 Å². The molecular weight excluding hydrogens is 505 g/mol. The molecule has 2 amide bonds. The number of carboxylic acids is 1. The molecule has 0 radical (unpaired) electrons. The van der Waals surface area contributed by atoms with Crippen LogP contribution in [-0.4, -0.2) is 34.3 Å². The zero-order valence-electron chi connectivity index (χ0n) is 21.2. The average Bonchev–Trinajstić information content (AvgIpc) is 3.29. The predicted molar refractivity (Wildman–Crippen MR) is 141 cm³/mol. The molecule has 10 heteroatoms. The maximum Gasteiger partial charge on any atom is 0.414 e. The van der Waals surface area contributed by atoms with Gasteiger partial charge in [0.1, 0.15) is 18.0 Å². The van der Waals surface area contributed by atoms with E-state index in [0.29, 0.717) is 22.4 Å². The molecule has 0 aliphatic heterocycles.